The van der Waals surface area contributed by atoms with E-state index in [0.29, 0.717) is 12.3 Å². The van der Waals surface area contributed by atoms with Gasteiger partial charge in [0.2, 0.25) is 0 Å². The summed E-state index contributed by atoms with van der Waals surface area (Å²) < 4.78 is 71.1. The van der Waals surface area contributed by atoms with E-state index in [1.54, 1.807) is 0 Å². The Morgan fingerprint density at radius 1 is 1.11 bits per heavy atom. The van der Waals surface area contributed by atoms with Crippen molar-refractivity contribution in [1.82, 2.24) is 4.90 Å². The summed E-state index contributed by atoms with van der Waals surface area (Å²) in [5.41, 5.74) is 1.41. The summed E-state index contributed by atoms with van der Waals surface area (Å²) >= 11 is 0. The van der Waals surface area contributed by atoms with Crippen molar-refractivity contribution >= 4 is 5.78 Å². The summed E-state index contributed by atoms with van der Waals surface area (Å²) in [6.45, 7) is 2.70. The number of methoxy groups -OCH3 is 2. The number of ether oxygens (including phenoxy) is 2. The molecule has 1 atom stereocenters. The molecule has 4 rings (SSSR count). The van der Waals surface area contributed by atoms with Crippen LogP contribution in [0.1, 0.15) is 51.7 Å². The maximum absolute atomic E-state index is 13.3. The highest BCUT2D eigenvalue weighted by atomic mass is 16.5. The van der Waals surface area contributed by atoms with Crippen LogP contribution in [0.25, 0.3) is 0 Å². The quantitative estimate of drug-likeness (QED) is 0.738. The van der Waals surface area contributed by atoms with Gasteiger partial charge in [0, 0.05) is 18.0 Å². The van der Waals surface area contributed by atoms with E-state index in [9.17, 15) is 4.79 Å². The molecule has 1 fully saturated rings. The van der Waals surface area contributed by atoms with Gasteiger partial charge in [-0.15, -0.1) is 0 Å². The van der Waals surface area contributed by atoms with Crippen LogP contribution in [-0.4, -0.2) is 37.8 Å². The molecular formula is C24H29NO3. The fourth-order valence-electron chi connectivity index (χ4n) is 4.37. The van der Waals surface area contributed by atoms with E-state index < -0.39 is 43.6 Å². The van der Waals surface area contributed by atoms with Gasteiger partial charge in [0.25, 0.3) is 0 Å². The Balaban J connectivity index is 1.50. The van der Waals surface area contributed by atoms with Crippen molar-refractivity contribution in [2.45, 2.75) is 32.2 Å². The molecule has 2 aromatic rings. The molecule has 1 aliphatic heterocycles. The van der Waals surface area contributed by atoms with Crippen molar-refractivity contribution in [3.8, 4) is 11.5 Å². The van der Waals surface area contributed by atoms with E-state index in [4.69, 9.17) is 20.4 Å². The molecule has 1 saturated heterocycles. The minimum atomic E-state index is -3.02. The maximum Gasteiger partial charge on any atom is 0.166 e. The van der Waals surface area contributed by atoms with Crippen LogP contribution in [0.3, 0.4) is 0 Å². The summed E-state index contributed by atoms with van der Waals surface area (Å²) in [6, 6.07) is 9.29. The average Bonchev–Trinajstić information content (AvgIpc) is 3.11. The summed E-state index contributed by atoms with van der Waals surface area (Å²) in [7, 11) is -6.00. The van der Waals surface area contributed by atoms with E-state index in [2.05, 4.69) is 17.0 Å². The number of piperidine rings is 1. The van der Waals surface area contributed by atoms with Crippen LogP contribution < -0.4 is 9.47 Å². The van der Waals surface area contributed by atoms with Crippen molar-refractivity contribution in [1.29, 1.82) is 0 Å². The van der Waals surface area contributed by atoms with Crippen molar-refractivity contribution in [2.75, 3.05) is 27.2 Å². The third-order valence-corrected chi connectivity index (χ3v) is 5.86. The van der Waals surface area contributed by atoms with Gasteiger partial charge in [-0.25, -0.2) is 0 Å². The average molecular weight is 388 g/mol. The molecule has 0 bridgehead atoms. The zero-order valence-electron chi connectivity index (χ0n) is 23.7. The van der Waals surface area contributed by atoms with Gasteiger partial charge in [0.1, 0.15) is 0 Å². The second kappa shape index (κ2) is 8.36. The van der Waals surface area contributed by atoms with Gasteiger partial charge < -0.3 is 9.47 Å². The van der Waals surface area contributed by atoms with Crippen LogP contribution >= 0.6 is 0 Å². The third kappa shape index (κ3) is 3.93. The smallest absolute Gasteiger partial charge is 0.166 e. The van der Waals surface area contributed by atoms with Gasteiger partial charge in [-0.05, 0) is 67.9 Å². The fraction of sp³-hybridized carbons (Fsp3) is 0.458. The van der Waals surface area contributed by atoms with Gasteiger partial charge in [0.05, 0.1) is 25.0 Å². The molecule has 1 aliphatic carbocycles. The lowest BCUT2D eigenvalue weighted by molar-refractivity contribution is 0.0895. The van der Waals surface area contributed by atoms with E-state index in [1.165, 1.54) is 5.56 Å². The van der Waals surface area contributed by atoms with Crippen LogP contribution in [0.15, 0.2) is 42.4 Å². The number of nitrogens with zero attached hydrogens (tertiary/aromatic N) is 1. The van der Waals surface area contributed by atoms with Crippen molar-refractivity contribution in [3.63, 3.8) is 0 Å². The van der Waals surface area contributed by atoms with Crippen LogP contribution in [0.2, 0.25) is 0 Å². The number of benzene rings is 2. The van der Waals surface area contributed by atoms with Crippen molar-refractivity contribution in [2.24, 2.45) is 11.8 Å². The number of fused-ring (bicyclic) bond motifs is 1. The molecule has 0 aromatic heterocycles. The molecule has 1 heterocycles. The SMILES string of the molecule is [2H]c1c2c(c([2H])c(OC([2H])([2H])[2H])c1OC([2H])([2H])[2H])C(=O)C(CC1CCN(Cc3ccccc3)CC1)C2. The highest BCUT2D eigenvalue weighted by Gasteiger charge is 2.34. The Morgan fingerprint density at radius 2 is 1.82 bits per heavy atom. The number of carbonyl (C=O) groups is 1. The monoisotopic (exact) mass is 387 g/mol. The molecule has 0 spiro atoms. The molecule has 0 N–H and O–H groups in total. The second-order valence-electron chi connectivity index (χ2n) is 7.67. The summed E-state index contributed by atoms with van der Waals surface area (Å²) in [6.07, 6.45) is 2.63. The van der Waals surface area contributed by atoms with Gasteiger partial charge in [-0.1, -0.05) is 30.3 Å². The molecular weight excluding hydrogens is 350 g/mol. The Hall–Kier alpha value is -2.33. The Labute approximate surface area is 178 Å². The molecule has 4 heteroatoms. The number of ketones is 1. The fourth-order valence-corrected chi connectivity index (χ4v) is 4.37. The Kier molecular flexibility index (Phi) is 3.47. The van der Waals surface area contributed by atoms with E-state index in [-0.39, 0.29) is 23.3 Å². The molecule has 2 aliphatic rings. The van der Waals surface area contributed by atoms with Gasteiger partial charge in [0.15, 0.2) is 17.3 Å². The van der Waals surface area contributed by atoms with Gasteiger partial charge in [-0.3, -0.25) is 9.69 Å². The highest BCUT2D eigenvalue weighted by Crippen LogP contribution is 2.39. The molecule has 2 aromatic carbocycles. The topological polar surface area (TPSA) is 38.8 Å². The first-order chi connectivity index (χ1) is 16.8. The molecule has 0 amide bonds. The van der Waals surface area contributed by atoms with Gasteiger partial charge in [-0.2, -0.15) is 0 Å². The maximum atomic E-state index is 13.3. The lowest BCUT2D eigenvalue weighted by Gasteiger charge is -2.32. The molecule has 1 unspecified atom stereocenters. The number of rotatable bonds is 6. The van der Waals surface area contributed by atoms with E-state index in [1.807, 2.05) is 18.2 Å². The number of hydrogen-bond donors (Lipinski definition) is 0. The summed E-state index contributed by atoms with van der Waals surface area (Å²) in [5.74, 6) is -1.83. The second-order valence-corrected chi connectivity index (χ2v) is 7.67. The number of Topliss-reactive ketones (excluding diaryl/α,β-unsaturated/α-hetero) is 1. The van der Waals surface area contributed by atoms with Gasteiger partial charge >= 0.3 is 0 Å². The normalized spacial score (nSPS) is 25.3. The van der Waals surface area contributed by atoms with Crippen LogP contribution in [0.4, 0.5) is 0 Å². The van der Waals surface area contributed by atoms with E-state index >= 15 is 0 Å². The molecule has 148 valence electrons. The highest BCUT2D eigenvalue weighted by molar-refractivity contribution is 6.02. The van der Waals surface area contributed by atoms with Crippen molar-refractivity contribution < 1.29 is 25.2 Å². The Morgan fingerprint density at radius 3 is 2.54 bits per heavy atom. The first kappa shape index (κ1) is 11.6. The summed E-state index contributed by atoms with van der Waals surface area (Å²) in [4.78, 5) is 15.7. The number of hydrogen-bond acceptors (Lipinski definition) is 4. The Bertz CT molecular complexity index is 1110. The van der Waals surface area contributed by atoms with Crippen LogP contribution in [0, 0.1) is 11.8 Å². The first-order valence-electron chi connectivity index (χ1n) is 13.7. The first-order valence-corrected chi connectivity index (χ1v) is 9.67. The molecule has 4 nitrogen and oxygen atoms in total. The lowest BCUT2D eigenvalue weighted by Crippen LogP contribution is -2.34. The lowest BCUT2D eigenvalue weighted by atomic mass is 9.85. The minimum Gasteiger partial charge on any atom is -0.493 e. The molecule has 0 radical (unpaired) electrons. The summed E-state index contributed by atoms with van der Waals surface area (Å²) in [5, 5.41) is 0. The predicted molar refractivity (Wildman–Crippen MR) is 110 cm³/mol. The van der Waals surface area contributed by atoms with Crippen LogP contribution in [0.5, 0.6) is 11.5 Å². The third-order valence-electron chi connectivity index (χ3n) is 5.86. The predicted octanol–water partition coefficient (Wildman–Crippen LogP) is 4.36. The van der Waals surface area contributed by atoms with E-state index in [0.717, 1.165) is 32.5 Å². The van der Waals surface area contributed by atoms with Crippen LogP contribution in [-0.2, 0) is 13.0 Å². The largest absolute Gasteiger partial charge is 0.493 e. The standard InChI is InChI=1S/C24H29NO3/c1-27-22-14-19-13-20(24(26)21(19)15-23(22)28-2)12-17-8-10-25(11-9-17)16-18-6-4-3-5-7-18/h3-7,14-15,17,20H,8-13,16H2,1-2H3/i1D3,2D3,14D,15D. The minimum absolute atomic E-state index is 0.0661. The number of carbonyl (C=O) groups excluding carboxylic acids is 1. The van der Waals surface area contributed by atoms with Crippen molar-refractivity contribution in [3.05, 3.63) is 59.1 Å². The molecule has 28 heavy (non-hydrogen) atoms. The molecule has 0 saturated carbocycles. The zero-order chi connectivity index (χ0) is 26.3. The number of likely N-dealkylation sites (tertiary alicyclic amines) is 1. The zero-order valence-corrected chi connectivity index (χ0v) is 15.7.